The van der Waals surface area contributed by atoms with Crippen molar-refractivity contribution in [1.29, 1.82) is 0 Å². The molecule has 2 heterocycles. The Bertz CT molecular complexity index is 1430. The lowest BCUT2D eigenvalue weighted by Crippen LogP contribution is -2.46. The Labute approximate surface area is 208 Å². The SMILES string of the molecule is COC(=O)c1cc(C)nc2c1c(=O)n(CC(=O)N(C)C1CCCCC1)c(=O)n2-c1cccc(OC)c1. The minimum atomic E-state index is -0.771. The molecule has 0 saturated heterocycles. The first kappa shape index (κ1) is 25.2. The van der Waals surface area contributed by atoms with Crippen LogP contribution in [0.25, 0.3) is 16.7 Å². The Kier molecular flexibility index (Phi) is 7.23. The zero-order valence-electron chi connectivity index (χ0n) is 20.9. The van der Waals surface area contributed by atoms with Crippen LogP contribution in [-0.4, -0.2) is 58.2 Å². The van der Waals surface area contributed by atoms with Crippen LogP contribution in [0, 0.1) is 6.92 Å². The third-order valence-electron chi connectivity index (χ3n) is 6.75. The van der Waals surface area contributed by atoms with Gasteiger partial charge in [0.25, 0.3) is 5.56 Å². The van der Waals surface area contributed by atoms with Gasteiger partial charge in [-0.05, 0) is 38.0 Å². The van der Waals surface area contributed by atoms with E-state index in [0.717, 1.165) is 36.7 Å². The van der Waals surface area contributed by atoms with Crippen molar-refractivity contribution in [2.45, 2.75) is 51.6 Å². The van der Waals surface area contributed by atoms with E-state index < -0.39 is 23.8 Å². The molecule has 1 fully saturated rings. The molecule has 10 heteroatoms. The van der Waals surface area contributed by atoms with Crippen molar-refractivity contribution in [1.82, 2.24) is 19.0 Å². The molecule has 0 atom stereocenters. The molecule has 2 aromatic heterocycles. The number of benzene rings is 1. The summed E-state index contributed by atoms with van der Waals surface area (Å²) >= 11 is 0. The average Bonchev–Trinajstić information content (AvgIpc) is 2.90. The summed E-state index contributed by atoms with van der Waals surface area (Å²) in [4.78, 5) is 59.3. The molecule has 1 amide bonds. The van der Waals surface area contributed by atoms with Crippen molar-refractivity contribution in [3.8, 4) is 11.4 Å². The van der Waals surface area contributed by atoms with E-state index in [9.17, 15) is 19.2 Å². The molecule has 0 radical (unpaired) electrons. The highest BCUT2D eigenvalue weighted by atomic mass is 16.5. The number of carbonyl (C=O) groups is 2. The summed E-state index contributed by atoms with van der Waals surface area (Å²) in [5, 5.41) is -0.0945. The zero-order valence-corrected chi connectivity index (χ0v) is 20.9. The van der Waals surface area contributed by atoms with Crippen molar-refractivity contribution in [2.24, 2.45) is 0 Å². The molecule has 36 heavy (non-hydrogen) atoms. The molecule has 1 saturated carbocycles. The van der Waals surface area contributed by atoms with Gasteiger partial charge >= 0.3 is 11.7 Å². The Morgan fingerprint density at radius 2 is 1.83 bits per heavy atom. The Balaban J connectivity index is 1.97. The minimum absolute atomic E-state index is 0.00277. The van der Waals surface area contributed by atoms with Crippen molar-refractivity contribution < 1.29 is 19.1 Å². The van der Waals surface area contributed by atoms with E-state index in [-0.39, 0.29) is 28.5 Å². The number of rotatable bonds is 6. The molecule has 190 valence electrons. The van der Waals surface area contributed by atoms with Gasteiger partial charge in [0.1, 0.15) is 12.3 Å². The van der Waals surface area contributed by atoms with Crippen LogP contribution in [0.3, 0.4) is 0 Å². The van der Waals surface area contributed by atoms with Crippen LogP contribution >= 0.6 is 0 Å². The molecule has 1 aliphatic rings. The number of esters is 1. The van der Waals surface area contributed by atoms with Crippen LogP contribution in [0.15, 0.2) is 39.9 Å². The number of fused-ring (bicyclic) bond motifs is 1. The molecule has 0 bridgehead atoms. The quantitative estimate of drug-likeness (QED) is 0.484. The number of amides is 1. The van der Waals surface area contributed by atoms with Crippen LogP contribution < -0.4 is 16.0 Å². The lowest BCUT2D eigenvalue weighted by molar-refractivity contribution is -0.133. The van der Waals surface area contributed by atoms with E-state index in [0.29, 0.717) is 17.1 Å². The number of likely N-dealkylation sites (N-methyl/N-ethyl adjacent to an activating group) is 1. The number of nitrogens with zero attached hydrogens (tertiary/aromatic N) is 4. The fourth-order valence-corrected chi connectivity index (χ4v) is 4.77. The normalized spacial score (nSPS) is 14.0. The maximum absolute atomic E-state index is 13.8. The first-order valence-corrected chi connectivity index (χ1v) is 11.9. The van der Waals surface area contributed by atoms with Crippen LogP contribution in [0.4, 0.5) is 0 Å². The summed E-state index contributed by atoms with van der Waals surface area (Å²) in [6.45, 7) is 1.19. The Morgan fingerprint density at radius 3 is 2.50 bits per heavy atom. The second-order valence-electron chi connectivity index (χ2n) is 9.01. The Hall–Kier alpha value is -3.95. The van der Waals surface area contributed by atoms with Crippen molar-refractivity contribution in [3.05, 3.63) is 62.4 Å². The fraction of sp³-hybridized carbons (Fsp3) is 0.423. The van der Waals surface area contributed by atoms with E-state index in [4.69, 9.17) is 9.47 Å². The summed E-state index contributed by atoms with van der Waals surface area (Å²) in [5.41, 5.74) is -0.733. The second kappa shape index (κ2) is 10.3. The molecule has 0 spiro atoms. The predicted octanol–water partition coefficient (Wildman–Crippen LogP) is 2.44. The van der Waals surface area contributed by atoms with Gasteiger partial charge in [-0.25, -0.2) is 23.7 Å². The predicted molar refractivity (Wildman–Crippen MR) is 134 cm³/mol. The lowest BCUT2D eigenvalue weighted by Gasteiger charge is -2.31. The number of pyridine rings is 1. The topological polar surface area (TPSA) is 113 Å². The van der Waals surface area contributed by atoms with E-state index in [1.807, 2.05) is 0 Å². The van der Waals surface area contributed by atoms with Crippen LogP contribution in [0.5, 0.6) is 5.75 Å². The highest BCUT2D eigenvalue weighted by Crippen LogP contribution is 2.23. The number of aryl methyl sites for hydroxylation is 1. The van der Waals surface area contributed by atoms with Gasteiger partial charge in [0.2, 0.25) is 5.91 Å². The van der Waals surface area contributed by atoms with Crippen LogP contribution in [0.2, 0.25) is 0 Å². The number of methoxy groups -OCH3 is 2. The molecule has 1 aliphatic carbocycles. The summed E-state index contributed by atoms with van der Waals surface area (Å²) in [7, 11) is 4.41. The second-order valence-corrected chi connectivity index (χ2v) is 9.01. The summed E-state index contributed by atoms with van der Waals surface area (Å²) < 4.78 is 12.3. The molecule has 0 unspecified atom stereocenters. The lowest BCUT2D eigenvalue weighted by atomic mass is 9.94. The van der Waals surface area contributed by atoms with E-state index in [2.05, 4.69) is 4.98 Å². The minimum Gasteiger partial charge on any atom is -0.497 e. The molecular weight excluding hydrogens is 464 g/mol. The highest BCUT2D eigenvalue weighted by molar-refractivity contribution is 6.02. The van der Waals surface area contributed by atoms with Gasteiger partial charge in [-0.2, -0.15) is 0 Å². The van der Waals surface area contributed by atoms with Gasteiger partial charge < -0.3 is 14.4 Å². The average molecular weight is 495 g/mol. The number of hydrogen-bond acceptors (Lipinski definition) is 7. The third-order valence-corrected chi connectivity index (χ3v) is 6.75. The number of hydrogen-bond donors (Lipinski definition) is 0. The molecule has 3 aromatic rings. The van der Waals surface area contributed by atoms with E-state index >= 15 is 0 Å². The smallest absolute Gasteiger partial charge is 0.338 e. The van der Waals surface area contributed by atoms with Gasteiger partial charge in [-0.1, -0.05) is 25.3 Å². The van der Waals surface area contributed by atoms with Gasteiger partial charge in [-0.3, -0.25) is 9.59 Å². The first-order valence-electron chi connectivity index (χ1n) is 11.9. The number of aromatic nitrogens is 3. The molecule has 4 rings (SSSR count). The molecule has 1 aromatic carbocycles. The van der Waals surface area contributed by atoms with Gasteiger partial charge in [0.05, 0.1) is 30.9 Å². The molecular formula is C26H30N4O6. The monoisotopic (exact) mass is 494 g/mol. The zero-order chi connectivity index (χ0) is 26.0. The summed E-state index contributed by atoms with van der Waals surface area (Å²) in [6, 6.07) is 8.20. The maximum atomic E-state index is 13.8. The summed E-state index contributed by atoms with van der Waals surface area (Å²) in [5.74, 6) is -0.604. The largest absolute Gasteiger partial charge is 0.497 e. The van der Waals surface area contributed by atoms with Gasteiger partial charge in [0, 0.05) is 24.8 Å². The van der Waals surface area contributed by atoms with Crippen molar-refractivity contribution >= 4 is 22.9 Å². The number of carbonyl (C=O) groups excluding carboxylic acids is 2. The molecule has 0 N–H and O–H groups in total. The highest BCUT2D eigenvalue weighted by Gasteiger charge is 2.27. The van der Waals surface area contributed by atoms with Crippen LogP contribution in [-0.2, 0) is 16.1 Å². The van der Waals surface area contributed by atoms with Gasteiger partial charge in [0.15, 0.2) is 5.65 Å². The van der Waals surface area contributed by atoms with Crippen LogP contribution in [0.1, 0.15) is 48.2 Å². The standard InChI is InChI=1S/C26H30N4O6/c1-16-13-20(25(33)36-4)22-23(27-16)30(18-11-8-12-19(14-18)35-3)26(34)29(24(22)32)15-21(31)28(2)17-9-6-5-7-10-17/h8,11-14,17H,5-7,9-10,15H2,1-4H3. The fourth-order valence-electron chi connectivity index (χ4n) is 4.77. The third kappa shape index (κ3) is 4.62. The summed E-state index contributed by atoms with van der Waals surface area (Å²) in [6.07, 6.45) is 4.98. The Morgan fingerprint density at radius 1 is 1.11 bits per heavy atom. The van der Waals surface area contributed by atoms with Crippen molar-refractivity contribution in [3.63, 3.8) is 0 Å². The van der Waals surface area contributed by atoms with Gasteiger partial charge in [-0.15, -0.1) is 0 Å². The molecule has 0 aliphatic heterocycles. The maximum Gasteiger partial charge on any atom is 0.338 e. The van der Waals surface area contributed by atoms with E-state index in [1.54, 1.807) is 43.1 Å². The first-order chi connectivity index (χ1) is 17.3. The number of ether oxygens (including phenoxy) is 2. The van der Waals surface area contributed by atoms with Crippen molar-refractivity contribution in [2.75, 3.05) is 21.3 Å². The molecule has 10 nitrogen and oxygen atoms in total. The van der Waals surface area contributed by atoms with E-state index in [1.165, 1.54) is 24.9 Å².